The van der Waals surface area contributed by atoms with E-state index in [0.29, 0.717) is 6.10 Å². The van der Waals surface area contributed by atoms with Crippen molar-refractivity contribution in [3.05, 3.63) is 48.3 Å². The number of aromatic nitrogens is 2. The number of hydrogen-bond donors (Lipinski definition) is 1. The van der Waals surface area contributed by atoms with E-state index in [1.165, 1.54) is 0 Å². The van der Waals surface area contributed by atoms with E-state index in [1.807, 2.05) is 24.3 Å². The first-order valence-corrected chi connectivity index (χ1v) is 8.27. The normalized spacial score (nSPS) is 15.6. The van der Waals surface area contributed by atoms with Crippen molar-refractivity contribution >= 4 is 17.9 Å². The van der Waals surface area contributed by atoms with Gasteiger partial charge < -0.3 is 14.7 Å². The average molecular weight is 339 g/mol. The first kappa shape index (κ1) is 17.1. The molecule has 2 heterocycles. The van der Waals surface area contributed by atoms with Crippen LogP contribution in [0.5, 0.6) is 0 Å². The SMILES string of the molecule is COC1CCN(c2cncc(-c3cccc(/C=C/C(=O)O)c3)n2)CC1. The molecule has 6 heteroatoms. The van der Waals surface area contributed by atoms with E-state index in [-0.39, 0.29) is 0 Å². The summed E-state index contributed by atoms with van der Waals surface area (Å²) < 4.78 is 5.41. The molecular weight excluding hydrogens is 318 g/mol. The Hall–Kier alpha value is -2.73. The van der Waals surface area contributed by atoms with Gasteiger partial charge in [-0.15, -0.1) is 0 Å². The van der Waals surface area contributed by atoms with Crippen molar-refractivity contribution in [2.75, 3.05) is 25.1 Å². The molecule has 0 spiro atoms. The maximum absolute atomic E-state index is 10.7. The van der Waals surface area contributed by atoms with Crippen molar-refractivity contribution in [1.29, 1.82) is 0 Å². The van der Waals surface area contributed by atoms with Gasteiger partial charge in [0.1, 0.15) is 5.82 Å². The van der Waals surface area contributed by atoms with E-state index in [2.05, 4.69) is 9.88 Å². The second kappa shape index (κ2) is 7.90. The van der Waals surface area contributed by atoms with Crippen LogP contribution in [0.2, 0.25) is 0 Å². The van der Waals surface area contributed by atoms with E-state index in [9.17, 15) is 4.79 Å². The summed E-state index contributed by atoms with van der Waals surface area (Å²) in [6.07, 6.45) is 8.50. The number of anilines is 1. The number of carboxylic acid groups (broad SMARTS) is 1. The number of benzene rings is 1. The van der Waals surface area contributed by atoms with E-state index in [0.717, 1.165) is 54.6 Å². The Balaban J connectivity index is 1.80. The standard InChI is InChI=1S/C19H21N3O3/c1-25-16-7-9-22(10-8-16)18-13-20-12-17(21-18)15-4-2-3-14(11-15)5-6-19(23)24/h2-6,11-13,16H,7-10H2,1H3,(H,23,24)/b6-5+. The third-order valence-electron chi connectivity index (χ3n) is 4.32. The van der Waals surface area contributed by atoms with Gasteiger partial charge >= 0.3 is 5.97 Å². The van der Waals surface area contributed by atoms with Gasteiger partial charge in [0.2, 0.25) is 0 Å². The van der Waals surface area contributed by atoms with E-state index >= 15 is 0 Å². The van der Waals surface area contributed by atoms with E-state index in [1.54, 1.807) is 25.6 Å². The Bertz CT molecular complexity index is 768. The molecular formula is C19H21N3O3. The number of carboxylic acids is 1. The van der Waals surface area contributed by atoms with Crippen molar-refractivity contribution in [2.24, 2.45) is 0 Å². The number of nitrogens with zero attached hydrogens (tertiary/aromatic N) is 3. The van der Waals surface area contributed by atoms with Gasteiger partial charge in [-0.05, 0) is 30.5 Å². The summed E-state index contributed by atoms with van der Waals surface area (Å²) in [6.45, 7) is 1.80. The van der Waals surface area contributed by atoms with Crippen molar-refractivity contribution in [2.45, 2.75) is 18.9 Å². The molecule has 6 nitrogen and oxygen atoms in total. The van der Waals surface area contributed by atoms with Crippen LogP contribution < -0.4 is 4.90 Å². The molecule has 0 atom stereocenters. The topological polar surface area (TPSA) is 75.5 Å². The number of piperidine rings is 1. The Morgan fingerprint density at radius 1 is 1.32 bits per heavy atom. The molecule has 1 aliphatic heterocycles. The Kier molecular flexibility index (Phi) is 5.40. The minimum Gasteiger partial charge on any atom is -0.478 e. The Morgan fingerprint density at radius 2 is 2.12 bits per heavy atom. The summed E-state index contributed by atoms with van der Waals surface area (Å²) >= 11 is 0. The van der Waals surface area contributed by atoms with Crippen LogP contribution in [0.1, 0.15) is 18.4 Å². The van der Waals surface area contributed by atoms with Gasteiger partial charge in [0, 0.05) is 31.8 Å². The predicted molar refractivity (Wildman–Crippen MR) is 96.4 cm³/mol. The number of methoxy groups -OCH3 is 1. The monoisotopic (exact) mass is 339 g/mol. The fourth-order valence-electron chi connectivity index (χ4n) is 2.94. The lowest BCUT2D eigenvalue weighted by Gasteiger charge is -2.31. The number of carbonyl (C=O) groups is 1. The third-order valence-corrected chi connectivity index (χ3v) is 4.32. The summed E-state index contributed by atoms with van der Waals surface area (Å²) in [6, 6.07) is 7.60. The van der Waals surface area contributed by atoms with Crippen molar-refractivity contribution in [3.63, 3.8) is 0 Å². The summed E-state index contributed by atoms with van der Waals surface area (Å²) in [4.78, 5) is 22.0. The Labute approximate surface area is 146 Å². The zero-order valence-electron chi connectivity index (χ0n) is 14.1. The molecule has 0 saturated carbocycles. The molecule has 1 fully saturated rings. The van der Waals surface area contributed by atoms with Crippen LogP contribution in [0.4, 0.5) is 5.82 Å². The zero-order valence-corrected chi connectivity index (χ0v) is 14.1. The predicted octanol–water partition coefficient (Wildman–Crippen LogP) is 2.86. The summed E-state index contributed by atoms with van der Waals surface area (Å²) in [5.41, 5.74) is 2.50. The molecule has 3 rings (SSSR count). The van der Waals surface area contributed by atoms with Gasteiger partial charge in [-0.25, -0.2) is 9.78 Å². The number of ether oxygens (including phenoxy) is 1. The molecule has 1 saturated heterocycles. The second-order valence-corrected chi connectivity index (χ2v) is 5.98. The first-order chi connectivity index (χ1) is 12.2. The summed E-state index contributed by atoms with van der Waals surface area (Å²) in [7, 11) is 1.76. The lowest BCUT2D eigenvalue weighted by Crippen LogP contribution is -2.37. The fraction of sp³-hybridized carbons (Fsp3) is 0.316. The third kappa shape index (κ3) is 4.42. The molecule has 1 aromatic carbocycles. The van der Waals surface area contributed by atoms with E-state index < -0.39 is 5.97 Å². The van der Waals surface area contributed by atoms with Crippen LogP contribution >= 0.6 is 0 Å². The van der Waals surface area contributed by atoms with Crippen molar-refractivity contribution in [3.8, 4) is 11.3 Å². The van der Waals surface area contributed by atoms with Crippen LogP contribution in [0, 0.1) is 0 Å². The molecule has 0 amide bonds. The van der Waals surface area contributed by atoms with Gasteiger partial charge in [-0.1, -0.05) is 18.2 Å². The lowest BCUT2D eigenvalue weighted by molar-refractivity contribution is -0.131. The molecule has 1 aliphatic rings. The summed E-state index contributed by atoms with van der Waals surface area (Å²) in [5, 5.41) is 8.75. The largest absolute Gasteiger partial charge is 0.478 e. The molecule has 1 N–H and O–H groups in total. The quantitative estimate of drug-likeness (QED) is 0.844. The molecule has 2 aromatic rings. The number of rotatable bonds is 5. The maximum atomic E-state index is 10.7. The fourth-order valence-corrected chi connectivity index (χ4v) is 2.94. The van der Waals surface area contributed by atoms with Gasteiger partial charge in [-0.2, -0.15) is 0 Å². The molecule has 0 unspecified atom stereocenters. The molecule has 1 aromatic heterocycles. The minimum atomic E-state index is -0.966. The highest BCUT2D eigenvalue weighted by Crippen LogP contribution is 2.23. The molecule has 25 heavy (non-hydrogen) atoms. The molecule has 0 radical (unpaired) electrons. The summed E-state index contributed by atoms with van der Waals surface area (Å²) in [5.74, 6) is -0.106. The van der Waals surface area contributed by atoms with Gasteiger partial charge in [0.25, 0.3) is 0 Å². The molecule has 0 aliphatic carbocycles. The average Bonchev–Trinajstić information content (AvgIpc) is 2.67. The number of aliphatic carboxylic acids is 1. The Morgan fingerprint density at radius 3 is 2.84 bits per heavy atom. The minimum absolute atomic E-state index is 0.324. The van der Waals surface area contributed by atoms with E-state index in [4.69, 9.17) is 14.8 Å². The van der Waals surface area contributed by atoms with Crippen LogP contribution in [0.3, 0.4) is 0 Å². The highest BCUT2D eigenvalue weighted by atomic mass is 16.5. The molecule has 0 bridgehead atoms. The zero-order chi connectivity index (χ0) is 17.6. The highest BCUT2D eigenvalue weighted by Gasteiger charge is 2.20. The van der Waals surface area contributed by atoms with Crippen molar-refractivity contribution in [1.82, 2.24) is 9.97 Å². The van der Waals surface area contributed by atoms with Gasteiger partial charge in [0.15, 0.2) is 0 Å². The van der Waals surface area contributed by atoms with Crippen molar-refractivity contribution < 1.29 is 14.6 Å². The van der Waals surface area contributed by atoms with Gasteiger partial charge in [0.05, 0.1) is 24.2 Å². The molecule has 130 valence electrons. The lowest BCUT2D eigenvalue weighted by atomic mass is 10.1. The van der Waals surface area contributed by atoms with Crippen LogP contribution in [0.15, 0.2) is 42.7 Å². The number of hydrogen-bond acceptors (Lipinski definition) is 5. The highest BCUT2D eigenvalue weighted by molar-refractivity contribution is 5.85. The van der Waals surface area contributed by atoms with Crippen LogP contribution in [-0.2, 0) is 9.53 Å². The van der Waals surface area contributed by atoms with Crippen LogP contribution in [0.25, 0.3) is 17.3 Å². The van der Waals surface area contributed by atoms with Gasteiger partial charge in [-0.3, -0.25) is 4.98 Å². The smallest absolute Gasteiger partial charge is 0.328 e. The first-order valence-electron chi connectivity index (χ1n) is 8.27. The van der Waals surface area contributed by atoms with Crippen LogP contribution in [-0.4, -0.2) is 47.3 Å². The maximum Gasteiger partial charge on any atom is 0.328 e. The second-order valence-electron chi connectivity index (χ2n) is 5.98.